The van der Waals surface area contributed by atoms with E-state index < -0.39 is 11.6 Å². The van der Waals surface area contributed by atoms with Gasteiger partial charge in [-0.3, -0.25) is 14.5 Å². The fourth-order valence-electron chi connectivity index (χ4n) is 4.00. The van der Waals surface area contributed by atoms with Crippen LogP contribution in [0.1, 0.15) is 48.8 Å². The summed E-state index contributed by atoms with van der Waals surface area (Å²) in [5, 5.41) is 7.54. The number of hydrogen-bond donors (Lipinski definition) is 0. The molecule has 2 aromatic rings. The third-order valence-corrected chi connectivity index (χ3v) is 5.14. The van der Waals surface area contributed by atoms with Gasteiger partial charge in [-0.15, -0.1) is 10.2 Å². The van der Waals surface area contributed by atoms with Crippen LogP contribution in [0.4, 0.5) is 5.69 Å². The van der Waals surface area contributed by atoms with Crippen LogP contribution in [0.2, 0.25) is 0 Å². The molecule has 0 N–H and O–H groups in total. The van der Waals surface area contributed by atoms with Crippen LogP contribution in [-0.4, -0.2) is 45.1 Å². The van der Waals surface area contributed by atoms with Crippen LogP contribution in [0.15, 0.2) is 28.7 Å². The third-order valence-electron chi connectivity index (χ3n) is 5.14. The van der Waals surface area contributed by atoms with Gasteiger partial charge in [-0.2, -0.15) is 0 Å². The maximum absolute atomic E-state index is 13.4. The zero-order valence-electron chi connectivity index (χ0n) is 16.5. The monoisotopic (exact) mass is 398 g/mol. The molecular weight excluding hydrogens is 376 g/mol. The van der Waals surface area contributed by atoms with Gasteiger partial charge in [0.15, 0.2) is 6.61 Å². The quantitative estimate of drug-likeness (QED) is 0.710. The average molecular weight is 398 g/mol. The van der Waals surface area contributed by atoms with Crippen molar-refractivity contribution >= 4 is 23.5 Å². The molecule has 0 aliphatic carbocycles. The van der Waals surface area contributed by atoms with Crippen molar-refractivity contribution in [2.75, 3.05) is 11.4 Å². The lowest BCUT2D eigenvalue weighted by Gasteiger charge is -2.48. The molecule has 2 aliphatic heterocycles. The summed E-state index contributed by atoms with van der Waals surface area (Å²) in [5.74, 6) is -0.584. The predicted octanol–water partition coefficient (Wildman–Crippen LogP) is 2.06. The molecule has 1 atom stereocenters. The molecule has 152 valence electrons. The van der Waals surface area contributed by atoms with Crippen LogP contribution in [0, 0.1) is 12.8 Å². The number of hydrogen-bond acceptors (Lipinski definition) is 7. The lowest BCUT2D eigenvalue weighted by atomic mass is 9.95. The minimum absolute atomic E-state index is 0.0880. The SMILES string of the molecule is Cc1nnc(COC(=O)C23CCC(=O)N2c2ccccc2C(=O)N3CC(C)C)o1. The van der Waals surface area contributed by atoms with Crippen LogP contribution in [-0.2, 0) is 20.9 Å². The molecule has 2 aliphatic rings. The van der Waals surface area contributed by atoms with E-state index in [0.717, 1.165) is 0 Å². The average Bonchev–Trinajstić information content (AvgIpc) is 3.27. The molecular formula is C20H22N4O5. The summed E-state index contributed by atoms with van der Waals surface area (Å²) in [6, 6.07) is 6.85. The molecule has 3 heterocycles. The topological polar surface area (TPSA) is 106 Å². The number of nitrogens with zero attached hydrogens (tertiary/aromatic N) is 4. The van der Waals surface area contributed by atoms with Gasteiger partial charge in [0.25, 0.3) is 11.8 Å². The van der Waals surface area contributed by atoms with Crippen LogP contribution < -0.4 is 4.90 Å². The molecule has 29 heavy (non-hydrogen) atoms. The largest absolute Gasteiger partial charge is 0.452 e. The van der Waals surface area contributed by atoms with Crippen molar-refractivity contribution in [3.63, 3.8) is 0 Å². The third kappa shape index (κ3) is 2.97. The molecule has 2 amide bonds. The second-order valence-corrected chi connectivity index (χ2v) is 7.66. The zero-order valence-corrected chi connectivity index (χ0v) is 16.5. The Morgan fingerprint density at radius 2 is 2.03 bits per heavy atom. The standard InChI is InChI=1S/C20H22N4O5/c1-12(2)10-23-18(26)14-6-4-5-7-15(14)24-17(25)8-9-20(23,24)19(27)28-11-16-22-21-13(3)29-16/h4-7,12H,8-11H2,1-3H3. The fraction of sp³-hybridized carbons (Fsp3) is 0.450. The lowest BCUT2D eigenvalue weighted by molar-refractivity contribution is -0.159. The first kappa shape index (κ1) is 19.1. The highest BCUT2D eigenvalue weighted by Crippen LogP contribution is 2.45. The molecule has 1 fully saturated rings. The Kier molecular flexibility index (Phi) is 4.60. The molecule has 9 nitrogen and oxygen atoms in total. The Morgan fingerprint density at radius 3 is 2.72 bits per heavy atom. The number of carbonyl (C=O) groups is 3. The number of rotatable bonds is 5. The number of anilines is 1. The van der Waals surface area contributed by atoms with E-state index in [1.165, 1.54) is 9.80 Å². The van der Waals surface area contributed by atoms with Gasteiger partial charge in [0.1, 0.15) is 0 Å². The van der Waals surface area contributed by atoms with Crippen molar-refractivity contribution in [1.29, 1.82) is 0 Å². The molecule has 4 rings (SSSR count). The number of fused-ring (bicyclic) bond motifs is 3. The van der Waals surface area contributed by atoms with Gasteiger partial charge in [0.2, 0.25) is 17.5 Å². The summed E-state index contributed by atoms with van der Waals surface area (Å²) in [6.45, 7) is 5.63. The molecule has 0 radical (unpaired) electrons. The van der Waals surface area contributed by atoms with E-state index in [0.29, 0.717) is 23.7 Å². The van der Waals surface area contributed by atoms with Gasteiger partial charge in [-0.25, -0.2) is 4.79 Å². The maximum Gasteiger partial charge on any atom is 0.354 e. The summed E-state index contributed by atoms with van der Waals surface area (Å²) in [4.78, 5) is 42.4. The normalized spacial score (nSPS) is 20.8. The highest BCUT2D eigenvalue weighted by Gasteiger charge is 2.62. The predicted molar refractivity (Wildman–Crippen MR) is 101 cm³/mol. The van der Waals surface area contributed by atoms with Crippen molar-refractivity contribution in [2.45, 2.75) is 45.9 Å². The van der Waals surface area contributed by atoms with Crippen LogP contribution in [0.5, 0.6) is 0 Å². The minimum atomic E-state index is -1.51. The van der Waals surface area contributed by atoms with Gasteiger partial charge < -0.3 is 14.1 Å². The number of esters is 1. The first-order chi connectivity index (χ1) is 13.8. The molecule has 0 spiro atoms. The molecule has 9 heteroatoms. The van der Waals surface area contributed by atoms with E-state index in [4.69, 9.17) is 9.15 Å². The number of amides is 2. The summed E-state index contributed by atoms with van der Waals surface area (Å²) in [7, 11) is 0. The van der Waals surface area contributed by atoms with E-state index in [2.05, 4.69) is 10.2 Å². The summed E-state index contributed by atoms with van der Waals surface area (Å²) in [6.07, 6.45) is 0.311. The van der Waals surface area contributed by atoms with Gasteiger partial charge in [0.05, 0.1) is 11.3 Å². The molecule has 1 aromatic heterocycles. The van der Waals surface area contributed by atoms with E-state index >= 15 is 0 Å². The number of aromatic nitrogens is 2. The van der Waals surface area contributed by atoms with Crippen LogP contribution in [0.25, 0.3) is 0 Å². The Bertz CT molecular complexity index is 985. The number of para-hydroxylation sites is 1. The molecule has 1 saturated heterocycles. The van der Waals surface area contributed by atoms with Crippen molar-refractivity contribution in [1.82, 2.24) is 15.1 Å². The Hall–Kier alpha value is -3.23. The second kappa shape index (κ2) is 6.98. The number of aryl methyl sites for hydroxylation is 1. The van der Waals surface area contributed by atoms with Crippen molar-refractivity contribution < 1.29 is 23.5 Å². The van der Waals surface area contributed by atoms with Crippen molar-refractivity contribution in [2.24, 2.45) is 5.92 Å². The zero-order chi connectivity index (χ0) is 20.8. The maximum atomic E-state index is 13.4. The smallest absolute Gasteiger partial charge is 0.354 e. The van der Waals surface area contributed by atoms with Crippen LogP contribution in [0.3, 0.4) is 0 Å². The van der Waals surface area contributed by atoms with Crippen molar-refractivity contribution in [3.05, 3.63) is 41.6 Å². The summed E-state index contributed by atoms with van der Waals surface area (Å²) < 4.78 is 10.7. The van der Waals surface area contributed by atoms with Crippen LogP contribution >= 0.6 is 0 Å². The minimum Gasteiger partial charge on any atom is -0.452 e. The Labute approximate surface area is 167 Å². The summed E-state index contributed by atoms with van der Waals surface area (Å²) >= 11 is 0. The lowest BCUT2D eigenvalue weighted by Crippen LogP contribution is -2.69. The van der Waals surface area contributed by atoms with E-state index in [-0.39, 0.29) is 43.1 Å². The van der Waals surface area contributed by atoms with E-state index in [9.17, 15) is 14.4 Å². The fourth-order valence-corrected chi connectivity index (χ4v) is 4.00. The van der Waals surface area contributed by atoms with E-state index in [1.807, 2.05) is 13.8 Å². The first-order valence-corrected chi connectivity index (χ1v) is 9.55. The van der Waals surface area contributed by atoms with Gasteiger partial charge in [0, 0.05) is 26.3 Å². The van der Waals surface area contributed by atoms with Crippen molar-refractivity contribution in [3.8, 4) is 0 Å². The second-order valence-electron chi connectivity index (χ2n) is 7.66. The van der Waals surface area contributed by atoms with Gasteiger partial charge in [-0.05, 0) is 18.1 Å². The molecule has 1 aromatic carbocycles. The van der Waals surface area contributed by atoms with E-state index in [1.54, 1.807) is 31.2 Å². The number of ether oxygens (including phenoxy) is 1. The number of carbonyl (C=O) groups excluding carboxylic acids is 3. The molecule has 0 bridgehead atoms. The molecule has 0 saturated carbocycles. The van der Waals surface area contributed by atoms with Gasteiger partial charge >= 0.3 is 5.97 Å². The highest BCUT2D eigenvalue weighted by atomic mass is 16.5. The molecule has 1 unspecified atom stereocenters. The highest BCUT2D eigenvalue weighted by molar-refractivity contribution is 6.15. The first-order valence-electron chi connectivity index (χ1n) is 9.55. The summed E-state index contributed by atoms with van der Waals surface area (Å²) in [5.41, 5.74) is -0.674. The Morgan fingerprint density at radius 1 is 1.28 bits per heavy atom. The number of benzene rings is 1. The van der Waals surface area contributed by atoms with Gasteiger partial charge in [-0.1, -0.05) is 26.0 Å². The Balaban J connectivity index is 1.76.